The molecule has 2 bridgehead atoms. The van der Waals surface area contributed by atoms with Crippen molar-refractivity contribution >= 4 is 17.5 Å². The summed E-state index contributed by atoms with van der Waals surface area (Å²) < 4.78 is 0. The number of nitrogens with zero attached hydrogens (tertiary/aromatic N) is 2. The second-order valence-corrected chi connectivity index (χ2v) is 9.25. The molecule has 2 aliphatic rings. The van der Waals surface area contributed by atoms with Gasteiger partial charge in [0.2, 0.25) is 0 Å². The van der Waals surface area contributed by atoms with Crippen molar-refractivity contribution in [3.05, 3.63) is 48.0 Å². The number of carbonyl (C=O) groups is 1. The fourth-order valence-electron chi connectivity index (χ4n) is 4.67. The molecule has 0 N–H and O–H groups in total. The van der Waals surface area contributed by atoms with Crippen LogP contribution in [-0.4, -0.2) is 16.0 Å². The minimum atomic E-state index is -0.123. The molecular weight excluding hydrogens is 340 g/mol. The van der Waals surface area contributed by atoms with Crippen LogP contribution < -0.4 is 0 Å². The smallest absolute Gasteiger partial charge is 0.150 e. The topological polar surface area (TPSA) is 53.8 Å². The maximum absolute atomic E-state index is 13.0. The van der Waals surface area contributed by atoms with Gasteiger partial charge >= 0.3 is 0 Å². The van der Waals surface area contributed by atoms with Crippen LogP contribution >= 0.6 is 11.8 Å². The van der Waals surface area contributed by atoms with Gasteiger partial charge in [0.15, 0.2) is 0 Å². The average molecular weight is 362 g/mol. The number of nitriles is 1. The van der Waals surface area contributed by atoms with Gasteiger partial charge in [0.1, 0.15) is 16.9 Å². The molecule has 26 heavy (non-hydrogen) atoms. The first kappa shape index (κ1) is 17.3. The number of carbonyl (C=O) groups excluding carboxylic acids is 1. The molecule has 1 heterocycles. The maximum Gasteiger partial charge on any atom is 0.150 e. The lowest BCUT2D eigenvalue weighted by atomic mass is 9.71. The number of hydrogen-bond acceptors (Lipinski definition) is 4. The summed E-state index contributed by atoms with van der Waals surface area (Å²) in [6.45, 7) is 6.69. The SMILES string of the molecule is CC1(C)[C@H]2CC[C@]1(C)[C@H](Sc1nc(-c3ccccc3)ccc1C#N)C2=O. The Kier molecular flexibility index (Phi) is 3.96. The highest BCUT2D eigenvalue weighted by Crippen LogP contribution is 2.67. The lowest BCUT2D eigenvalue weighted by Gasteiger charge is -2.37. The summed E-state index contributed by atoms with van der Waals surface area (Å²) >= 11 is 1.50. The number of fused-ring (bicyclic) bond motifs is 2. The molecule has 0 amide bonds. The van der Waals surface area contributed by atoms with Crippen LogP contribution in [0, 0.1) is 28.1 Å². The van der Waals surface area contributed by atoms with E-state index >= 15 is 0 Å². The first-order valence-electron chi connectivity index (χ1n) is 9.05. The van der Waals surface area contributed by atoms with E-state index in [0.29, 0.717) is 16.4 Å². The molecule has 4 rings (SSSR count). The fourth-order valence-corrected chi connectivity index (χ4v) is 6.25. The molecule has 0 aliphatic heterocycles. The molecule has 2 aliphatic carbocycles. The van der Waals surface area contributed by atoms with Crippen LogP contribution in [0.1, 0.15) is 39.2 Å². The van der Waals surface area contributed by atoms with E-state index < -0.39 is 0 Å². The van der Waals surface area contributed by atoms with E-state index in [4.69, 9.17) is 4.98 Å². The second kappa shape index (κ2) is 5.96. The van der Waals surface area contributed by atoms with Crippen molar-refractivity contribution in [1.82, 2.24) is 4.98 Å². The van der Waals surface area contributed by atoms with Gasteiger partial charge in [0.05, 0.1) is 16.5 Å². The van der Waals surface area contributed by atoms with E-state index in [0.717, 1.165) is 24.1 Å². The summed E-state index contributed by atoms with van der Waals surface area (Å²) in [5, 5.41) is 10.1. The monoisotopic (exact) mass is 362 g/mol. The Labute approximate surface area is 158 Å². The second-order valence-electron chi connectivity index (χ2n) is 8.16. The molecule has 2 aromatic rings. The third-order valence-electron chi connectivity index (χ3n) is 6.76. The molecule has 4 heteroatoms. The van der Waals surface area contributed by atoms with Gasteiger partial charge in [-0.2, -0.15) is 5.26 Å². The van der Waals surface area contributed by atoms with Crippen LogP contribution in [0.15, 0.2) is 47.5 Å². The molecule has 1 aromatic carbocycles. The predicted molar refractivity (Wildman–Crippen MR) is 104 cm³/mol. The largest absolute Gasteiger partial charge is 0.298 e. The third-order valence-corrected chi connectivity index (χ3v) is 8.28. The van der Waals surface area contributed by atoms with Crippen molar-refractivity contribution in [2.24, 2.45) is 16.7 Å². The zero-order valence-electron chi connectivity index (χ0n) is 15.3. The normalized spacial score (nSPS) is 28.9. The third kappa shape index (κ3) is 2.34. The van der Waals surface area contributed by atoms with E-state index in [9.17, 15) is 10.1 Å². The number of Topliss-reactive ketones (excluding diaryl/α,β-unsaturated/α-hetero) is 1. The summed E-state index contributed by atoms with van der Waals surface area (Å²) in [4.78, 5) is 17.8. The molecule has 3 atom stereocenters. The number of pyridine rings is 1. The minimum absolute atomic E-state index is 0.00555. The number of hydrogen-bond donors (Lipinski definition) is 0. The Balaban J connectivity index is 1.73. The van der Waals surface area contributed by atoms with E-state index in [1.54, 1.807) is 0 Å². The lowest BCUT2D eigenvalue weighted by Crippen LogP contribution is -2.35. The molecule has 2 saturated carbocycles. The zero-order valence-corrected chi connectivity index (χ0v) is 16.1. The lowest BCUT2D eigenvalue weighted by molar-refractivity contribution is -0.122. The first-order chi connectivity index (χ1) is 12.4. The highest BCUT2D eigenvalue weighted by atomic mass is 32.2. The van der Waals surface area contributed by atoms with Crippen molar-refractivity contribution in [2.75, 3.05) is 0 Å². The maximum atomic E-state index is 13.0. The van der Waals surface area contributed by atoms with Crippen molar-refractivity contribution in [1.29, 1.82) is 5.26 Å². The highest BCUT2D eigenvalue weighted by Gasteiger charge is 2.66. The Hall–Kier alpha value is -2.12. The minimum Gasteiger partial charge on any atom is -0.298 e. The van der Waals surface area contributed by atoms with Crippen molar-refractivity contribution < 1.29 is 4.79 Å². The van der Waals surface area contributed by atoms with Gasteiger partial charge in [-0.15, -0.1) is 0 Å². The molecule has 0 radical (unpaired) electrons. The summed E-state index contributed by atoms with van der Waals surface area (Å²) in [6, 6.07) is 15.9. The van der Waals surface area contributed by atoms with Crippen LogP contribution in [0.2, 0.25) is 0 Å². The highest BCUT2D eigenvalue weighted by molar-refractivity contribution is 8.00. The van der Waals surface area contributed by atoms with Crippen LogP contribution in [0.5, 0.6) is 0 Å². The Morgan fingerprint density at radius 3 is 2.50 bits per heavy atom. The molecule has 0 unspecified atom stereocenters. The van der Waals surface area contributed by atoms with Gasteiger partial charge in [0.25, 0.3) is 0 Å². The summed E-state index contributed by atoms with van der Waals surface area (Å²) in [7, 11) is 0. The van der Waals surface area contributed by atoms with Crippen LogP contribution in [0.4, 0.5) is 0 Å². The Morgan fingerprint density at radius 2 is 1.88 bits per heavy atom. The number of aromatic nitrogens is 1. The number of rotatable bonds is 3. The molecule has 0 spiro atoms. The standard InChI is InChI=1S/C22H22N2OS/c1-21(2)16-11-12-22(21,3)19(18(16)25)26-20-15(13-23)9-10-17(24-20)14-7-5-4-6-8-14/h4-10,16,19H,11-12H2,1-3H3/t16-,19+,22+/m0/s1. The van der Waals surface area contributed by atoms with E-state index in [1.807, 2.05) is 42.5 Å². The number of thioether (sulfide) groups is 1. The van der Waals surface area contributed by atoms with Crippen molar-refractivity contribution in [3.63, 3.8) is 0 Å². The van der Waals surface area contributed by atoms with Gasteiger partial charge < -0.3 is 0 Å². The quantitative estimate of drug-likeness (QED) is 0.762. The van der Waals surface area contributed by atoms with E-state index in [2.05, 4.69) is 26.8 Å². The van der Waals surface area contributed by atoms with E-state index in [-0.39, 0.29) is 22.0 Å². The van der Waals surface area contributed by atoms with Crippen LogP contribution in [0.3, 0.4) is 0 Å². The van der Waals surface area contributed by atoms with Gasteiger partial charge in [0, 0.05) is 11.5 Å². The average Bonchev–Trinajstić information content (AvgIpc) is 2.96. The predicted octanol–water partition coefficient (Wildman–Crippen LogP) is 5.11. The molecule has 2 fully saturated rings. The Morgan fingerprint density at radius 1 is 1.15 bits per heavy atom. The van der Waals surface area contributed by atoms with Gasteiger partial charge in [-0.1, -0.05) is 62.9 Å². The van der Waals surface area contributed by atoms with Crippen molar-refractivity contribution in [3.8, 4) is 17.3 Å². The van der Waals surface area contributed by atoms with Gasteiger partial charge in [-0.3, -0.25) is 4.79 Å². The van der Waals surface area contributed by atoms with Crippen LogP contribution in [0.25, 0.3) is 11.3 Å². The Bertz CT molecular complexity index is 915. The van der Waals surface area contributed by atoms with Crippen molar-refractivity contribution in [2.45, 2.75) is 43.9 Å². The molecular formula is C22H22N2OS. The zero-order chi connectivity index (χ0) is 18.5. The molecule has 1 aromatic heterocycles. The molecule has 3 nitrogen and oxygen atoms in total. The summed E-state index contributed by atoms with van der Waals surface area (Å²) in [6.07, 6.45) is 2.05. The number of ketones is 1. The number of benzene rings is 1. The summed E-state index contributed by atoms with van der Waals surface area (Å²) in [5.41, 5.74) is 2.37. The van der Waals surface area contributed by atoms with Gasteiger partial charge in [-0.25, -0.2) is 4.98 Å². The first-order valence-corrected chi connectivity index (χ1v) is 9.93. The summed E-state index contributed by atoms with van der Waals surface area (Å²) in [5.74, 6) is 0.470. The fraction of sp³-hybridized carbons (Fsp3) is 0.409. The molecule has 0 saturated heterocycles. The van der Waals surface area contributed by atoms with Gasteiger partial charge in [-0.05, 0) is 35.8 Å². The molecule has 132 valence electrons. The van der Waals surface area contributed by atoms with E-state index in [1.165, 1.54) is 11.8 Å². The van der Waals surface area contributed by atoms with Crippen LogP contribution in [-0.2, 0) is 4.79 Å².